The third-order valence-corrected chi connectivity index (χ3v) is 7.14. The first-order valence-corrected chi connectivity index (χ1v) is 11.8. The van der Waals surface area contributed by atoms with Gasteiger partial charge >= 0.3 is 0 Å². The van der Waals surface area contributed by atoms with Gasteiger partial charge in [-0.05, 0) is 54.3 Å². The Morgan fingerprint density at radius 1 is 1.21 bits per heavy atom. The summed E-state index contributed by atoms with van der Waals surface area (Å²) in [6.07, 6.45) is 0. The number of hydrogen-bond acceptors (Lipinski definition) is 7. The number of nitrogens with zero attached hydrogens (tertiary/aromatic N) is 2. The molecule has 33 heavy (non-hydrogen) atoms. The average Bonchev–Trinajstić information content (AvgIpc) is 3.53. The number of amides is 1. The van der Waals surface area contributed by atoms with Crippen LogP contribution in [0, 0.1) is 5.82 Å². The van der Waals surface area contributed by atoms with Gasteiger partial charge in [0.2, 0.25) is 5.78 Å². The summed E-state index contributed by atoms with van der Waals surface area (Å²) < 4.78 is 20.0. The van der Waals surface area contributed by atoms with E-state index in [0.29, 0.717) is 33.4 Å². The number of benzene rings is 2. The fraction of sp³-hybridized carbons (Fsp3) is 0.125. The summed E-state index contributed by atoms with van der Waals surface area (Å²) in [5.41, 5.74) is 1.09. The molecule has 1 aliphatic rings. The molecule has 2 aromatic carbocycles. The number of thiazole rings is 1. The SMILES string of the molecule is CCOc1ccc2nc(N3C(=O)C(O)=C(C(=O)c4cccs4)C3c3ccc(F)cc3)sc2c1. The Morgan fingerprint density at radius 2 is 2.00 bits per heavy atom. The monoisotopic (exact) mass is 480 g/mol. The van der Waals surface area contributed by atoms with E-state index in [4.69, 9.17) is 4.74 Å². The first-order valence-electron chi connectivity index (χ1n) is 10.1. The summed E-state index contributed by atoms with van der Waals surface area (Å²) >= 11 is 2.46. The van der Waals surface area contributed by atoms with Gasteiger partial charge < -0.3 is 9.84 Å². The molecule has 1 amide bonds. The van der Waals surface area contributed by atoms with E-state index < -0.39 is 29.3 Å². The molecule has 1 N–H and O–H groups in total. The molecule has 0 spiro atoms. The van der Waals surface area contributed by atoms with Crippen LogP contribution in [0.4, 0.5) is 9.52 Å². The van der Waals surface area contributed by atoms with Crippen LogP contribution in [0.1, 0.15) is 28.2 Å². The van der Waals surface area contributed by atoms with Crippen molar-refractivity contribution in [2.45, 2.75) is 13.0 Å². The van der Waals surface area contributed by atoms with Crippen LogP contribution in [-0.4, -0.2) is 28.4 Å². The Balaban J connectivity index is 1.64. The fourth-order valence-corrected chi connectivity index (χ4v) is 5.49. The summed E-state index contributed by atoms with van der Waals surface area (Å²) in [4.78, 5) is 32.8. The van der Waals surface area contributed by atoms with Gasteiger partial charge in [0.25, 0.3) is 5.91 Å². The lowest BCUT2D eigenvalue weighted by atomic mass is 9.95. The molecule has 3 heterocycles. The van der Waals surface area contributed by atoms with Gasteiger partial charge in [-0.15, -0.1) is 11.3 Å². The number of fused-ring (bicyclic) bond motifs is 1. The standard InChI is InChI=1S/C24H17FN2O4S2/c1-2-31-15-9-10-16-18(12-15)33-24(26-16)27-20(13-5-7-14(25)8-6-13)19(22(29)23(27)30)21(28)17-4-3-11-32-17/h3-12,20,29H,2H2,1H3. The van der Waals surface area contributed by atoms with Crippen LogP contribution < -0.4 is 9.64 Å². The summed E-state index contributed by atoms with van der Waals surface area (Å²) in [5, 5.41) is 12.9. The van der Waals surface area contributed by atoms with Gasteiger partial charge in [0.15, 0.2) is 10.9 Å². The van der Waals surface area contributed by atoms with Crippen molar-refractivity contribution in [2.75, 3.05) is 11.5 Å². The van der Waals surface area contributed by atoms with Crippen LogP contribution in [0.25, 0.3) is 10.2 Å². The van der Waals surface area contributed by atoms with E-state index in [1.54, 1.807) is 29.6 Å². The molecule has 0 saturated carbocycles. The van der Waals surface area contributed by atoms with Gasteiger partial charge in [-0.2, -0.15) is 0 Å². The Hall–Kier alpha value is -3.56. The molecular formula is C24H17FN2O4S2. The van der Waals surface area contributed by atoms with Crippen molar-refractivity contribution in [1.29, 1.82) is 0 Å². The molecule has 9 heteroatoms. The minimum Gasteiger partial charge on any atom is -0.503 e. The Kier molecular flexibility index (Phi) is 5.43. The molecule has 0 radical (unpaired) electrons. The van der Waals surface area contributed by atoms with Crippen molar-refractivity contribution in [3.05, 3.63) is 87.6 Å². The number of Topliss-reactive ketones (excluding diaryl/α,β-unsaturated/α-hetero) is 1. The highest BCUT2D eigenvalue weighted by molar-refractivity contribution is 7.22. The summed E-state index contributed by atoms with van der Waals surface area (Å²) in [6.45, 7) is 2.40. The third kappa shape index (κ3) is 3.69. The van der Waals surface area contributed by atoms with E-state index in [1.165, 1.54) is 51.8 Å². The van der Waals surface area contributed by atoms with Gasteiger partial charge in [-0.3, -0.25) is 14.5 Å². The highest BCUT2D eigenvalue weighted by atomic mass is 32.1. The normalized spacial score (nSPS) is 16.1. The van der Waals surface area contributed by atoms with E-state index in [2.05, 4.69) is 4.98 Å². The maximum Gasteiger partial charge on any atom is 0.296 e. The molecule has 166 valence electrons. The average molecular weight is 481 g/mol. The number of rotatable bonds is 6. The van der Waals surface area contributed by atoms with Crippen LogP contribution in [0.2, 0.25) is 0 Å². The second-order valence-corrected chi connectivity index (χ2v) is 9.21. The molecular weight excluding hydrogens is 463 g/mol. The molecule has 6 nitrogen and oxygen atoms in total. The Bertz CT molecular complexity index is 1390. The number of aliphatic hydroxyl groups excluding tert-OH is 1. The zero-order chi connectivity index (χ0) is 23.1. The van der Waals surface area contributed by atoms with Crippen molar-refractivity contribution >= 4 is 49.7 Å². The van der Waals surface area contributed by atoms with E-state index in [1.807, 2.05) is 13.0 Å². The molecule has 2 aromatic heterocycles. The number of thiophene rings is 1. The molecule has 1 aliphatic heterocycles. The number of ketones is 1. The van der Waals surface area contributed by atoms with Gasteiger partial charge in [0, 0.05) is 0 Å². The van der Waals surface area contributed by atoms with Crippen LogP contribution in [0.15, 0.2) is 71.3 Å². The third-order valence-electron chi connectivity index (χ3n) is 5.25. The zero-order valence-corrected chi connectivity index (χ0v) is 19.0. The van der Waals surface area contributed by atoms with Gasteiger partial charge in [0.1, 0.15) is 11.6 Å². The molecule has 1 unspecified atom stereocenters. The van der Waals surface area contributed by atoms with Crippen LogP contribution in [0.3, 0.4) is 0 Å². The molecule has 0 saturated heterocycles. The van der Waals surface area contributed by atoms with Crippen molar-refractivity contribution in [1.82, 2.24) is 4.98 Å². The van der Waals surface area contributed by atoms with Crippen molar-refractivity contribution in [3.63, 3.8) is 0 Å². The first kappa shape index (κ1) is 21.3. The van der Waals surface area contributed by atoms with Crippen molar-refractivity contribution in [2.24, 2.45) is 0 Å². The first-order chi connectivity index (χ1) is 16.0. The molecule has 1 atom stereocenters. The smallest absolute Gasteiger partial charge is 0.296 e. The highest BCUT2D eigenvalue weighted by Gasteiger charge is 2.46. The van der Waals surface area contributed by atoms with Crippen LogP contribution in [-0.2, 0) is 4.79 Å². The number of carbonyl (C=O) groups is 2. The summed E-state index contributed by atoms with van der Waals surface area (Å²) in [6, 6.07) is 13.3. The lowest BCUT2D eigenvalue weighted by Gasteiger charge is -2.24. The number of carbonyl (C=O) groups excluding carboxylic acids is 2. The maximum absolute atomic E-state index is 13.6. The van der Waals surface area contributed by atoms with Crippen molar-refractivity contribution in [3.8, 4) is 5.75 Å². The predicted molar refractivity (Wildman–Crippen MR) is 126 cm³/mol. The second kappa shape index (κ2) is 8.42. The largest absolute Gasteiger partial charge is 0.503 e. The Labute approximate surface area is 196 Å². The molecule has 4 aromatic rings. The zero-order valence-electron chi connectivity index (χ0n) is 17.3. The molecule has 0 bridgehead atoms. The van der Waals surface area contributed by atoms with E-state index >= 15 is 0 Å². The minimum absolute atomic E-state index is 0.0525. The number of anilines is 1. The highest BCUT2D eigenvalue weighted by Crippen LogP contribution is 2.44. The van der Waals surface area contributed by atoms with Crippen molar-refractivity contribution < 1.29 is 23.8 Å². The van der Waals surface area contributed by atoms with Crippen LogP contribution in [0.5, 0.6) is 5.75 Å². The maximum atomic E-state index is 13.6. The van der Waals surface area contributed by atoms with Gasteiger partial charge in [0.05, 0.1) is 33.3 Å². The van der Waals surface area contributed by atoms with E-state index in [-0.39, 0.29) is 5.57 Å². The fourth-order valence-electron chi connectivity index (χ4n) is 3.79. The predicted octanol–water partition coefficient (Wildman–Crippen LogP) is 5.68. The van der Waals surface area contributed by atoms with Gasteiger partial charge in [-0.1, -0.05) is 29.5 Å². The lowest BCUT2D eigenvalue weighted by Crippen LogP contribution is -2.30. The Morgan fingerprint density at radius 3 is 2.70 bits per heavy atom. The quantitative estimate of drug-likeness (QED) is 0.359. The molecule has 0 aliphatic carbocycles. The van der Waals surface area contributed by atoms with E-state index in [9.17, 15) is 19.1 Å². The minimum atomic E-state index is -0.945. The number of aromatic nitrogens is 1. The lowest BCUT2D eigenvalue weighted by molar-refractivity contribution is -0.117. The van der Waals surface area contributed by atoms with Gasteiger partial charge in [-0.25, -0.2) is 9.37 Å². The number of halogens is 1. The summed E-state index contributed by atoms with van der Waals surface area (Å²) in [5.74, 6) is -1.58. The topological polar surface area (TPSA) is 79.7 Å². The molecule has 5 rings (SSSR count). The van der Waals surface area contributed by atoms with E-state index in [0.717, 1.165) is 4.70 Å². The number of hydrogen-bond donors (Lipinski definition) is 1. The summed E-state index contributed by atoms with van der Waals surface area (Å²) in [7, 11) is 0. The number of ether oxygens (including phenoxy) is 1. The molecule has 0 fully saturated rings. The number of aliphatic hydroxyl groups is 1. The van der Waals surface area contributed by atoms with Crippen LogP contribution >= 0.6 is 22.7 Å². The second-order valence-electron chi connectivity index (χ2n) is 7.26.